The Morgan fingerprint density at radius 2 is 1.30 bits per heavy atom. The molecule has 0 aromatic heterocycles. The van der Waals surface area contributed by atoms with E-state index in [1.165, 1.54) is 24.3 Å². The second-order valence-electron chi connectivity index (χ2n) is 5.88. The fraction of sp³-hybridized carbons (Fsp3) is 0.0455. The molecule has 0 spiro atoms. The van der Waals surface area contributed by atoms with Crippen molar-refractivity contribution < 1.29 is 14.7 Å². The third-order valence-corrected chi connectivity index (χ3v) is 3.95. The molecule has 0 bridgehead atoms. The second-order valence-corrected chi connectivity index (χ2v) is 5.88. The van der Waals surface area contributed by atoms with Crippen molar-refractivity contribution in [3.8, 4) is 5.75 Å². The summed E-state index contributed by atoms with van der Waals surface area (Å²) in [7, 11) is 0. The average molecular weight is 358 g/mol. The molecule has 3 aromatic carbocycles. The Morgan fingerprint density at radius 1 is 0.741 bits per heavy atom. The van der Waals surface area contributed by atoms with Gasteiger partial charge >= 0.3 is 0 Å². The molecule has 5 heteroatoms. The number of hydrazone groups is 1. The zero-order valence-corrected chi connectivity index (χ0v) is 14.5. The van der Waals surface area contributed by atoms with Crippen LogP contribution in [0.25, 0.3) is 0 Å². The number of nitrogens with one attached hydrogen (secondary N) is 1. The van der Waals surface area contributed by atoms with Gasteiger partial charge in [-0.1, -0.05) is 60.7 Å². The molecule has 0 saturated carbocycles. The number of carbonyl (C=O) groups excluding carboxylic acids is 2. The predicted octanol–water partition coefficient (Wildman–Crippen LogP) is 3.80. The first-order valence-electron chi connectivity index (χ1n) is 8.43. The Hall–Kier alpha value is -3.73. The minimum Gasteiger partial charge on any atom is -0.508 e. The van der Waals surface area contributed by atoms with Crippen LogP contribution in [0.2, 0.25) is 0 Å². The molecule has 0 aliphatic heterocycles. The predicted molar refractivity (Wildman–Crippen MR) is 104 cm³/mol. The highest BCUT2D eigenvalue weighted by Gasteiger charge is 2.13. The third-order valence-electron chi connectivity index (χ3n) is 3.95. The lowest BCUT2D eigenvalue weighted by atomic mass is 10.0. The van der Waals surface area contributed by atoms with Gasteiger partial charge in [0.05, 0.1) is 12.1 Å². The number of carbonyl (C=O) groups is 2. The summed E-state index contributed by atoms with van der Waals surface area (Å²) in [6.07, 6.45) is 0.0594. The largest absolute Gasteiger partial charge is 0.508 e. The van der Waals surface area contributed by atoms with Crippen LogP contribution in [0.15, 0.2) is 90.0 Å². The summed E-state index contributed by atoms with van der Waals surface area (Å²) >= 11 is 0. The van der Waals surface area contributed by atoms with E-state index in [2.05, 4.69) is 10.5 Å². The van der Waals surface area contributed by atoms with Gasteiger partial charge in [-0.15, -0.1) is 0 Å². The molecule has 0 unspecified atom stereocenters. The van der Waals surface area contributed by atoms with Crippen molar-refractivity contribution in [3.63, 3.8) is 0 Å². The molecule has 0 aliphatic carbocycles. The molecule has 0 atom stereocenters. The Bertz CT molecular complexity index is 950. The monoisotopic (exact) mass is 358 g/mol. The molecule has 27 heavy (non-hydrogen) atoms. The smallest absolute Gasteiger partial charge is 0.271 e. The summed E-state index contributed by atoms with van der Waals surface area (Å²) < 4.78 is 0. The number of nitrogens with zero attached hydrogens (tertiary/aromatic N) is 1. The molecule has 5 nitrogen and oxygen atoms in total. The molecular weight excluding hydrogens is 340 g/mol. The number of rotatable bonds is 6. The van der Waals surface area contributed by atoms with Crippen LogP contribution in [-0.2, 0) is 0 Å². The molecule has 0 heterocycles. The zero-order valence-electron chi connectivity index (χ0n) is 14.5. The van der Waals surface area contributed by atoms with Gasteiger partial charge in [0.15, 0.2) is 5.78 Å². The molecule has 0 fully saturated rings. The molecule has 2 N–H and O–H groups in total. The van der Waals surface area contributed by atoms with Crippen molar-refractivity contribution >= 4 is 17.4 Å². The maximum absolute atomic E-state index is 12.6. The van der Waals surface area contributed by atoms with Gasteiger partial charge in [-0.25, -0.2) is 5.43 Å². The van der Waals surface area contributed by atoms with Crippen LogP contribution < -0.4 is 5.43 Å². The van der Waals surface area contributed by atoms with Gasteiger partial charge in [0.2, 0.25) is 0 Å². The number of hydrogen-bond donors (Lipinski definition) is 2. The SMILES string of the molecule is O=C(C/C(=N/NC(=O)c1ccc(O)cc1)c1ccccc1)c1ccccc1. The number of ketones is 1. The number of hydrogen-bond acceptors (Lipinski definition) is 4. The second kappa shape index (κ2) is 8.58. The number of aromatic hydroxyl groups is 1. The van der Waals surface area contributed by atoms with Crippen LogP contribution in [0.4, 0.5) is 0 Å². The first-order chi connectivity index (χ1) is 13.1. The quantitative estimate of drug-likeness (QED) is 0.400. The van der Waals surface area contributed by atoms with Crippen molar-refractivity contribution in [3.05, 3.63) is 102 Å². The molecular formula is C22H18N2O3. The van der Waals surface area contributed by atoms with Gasteiger partial charge in [-0.05, 0) is 29.8 Å². The van der Waals surface area contributed by atoms with Crippen molar-refractivity contribution in [2.75, 3.05) is 0 Å². The molecule has 1 amide bonds. The van der Waals surface area contributed by atoms with Crippen molar-refractivity contribution in [1.29, 1.82) is 0 Å². The van der Waals surface area contributed by atoms with Gasteiger partial charge in [-0.2, -0.15) is 5.10 Å². The van der Waals surface area contributed by atoms with Crippen molar-refractivity contribution in [2.45, 2.75) is 6.42 Å². The van der Waals surface area contributed by atoms with Crippen LogP contribution >= 0.6 is 0 Å². The first-order valence-corrected chi connectivity index (χ1v) is 8.43. The molecule has 0 saturated heterocycles. The van der Waals surface area contributed by atoms with Crippen LogP contribution in [0.1, 0.15) is 32.7 Å². The number of amides is 1. The van der Waals surface area contributed by atoms with E-state index >= 15 is 0 Å². The lowest BCUT2D eigenvalue weighted by Crippen LogP contribution is -2.21. The van der Waals surface area contributed by atoms with Gasteiger partial charge in [0.25, 0.3) is 5.91 Å². The topological polar surface area (TPSA) is 78.8 Å². The van der Waals surface area contributed by atoms with Crippen molar-refractivity contribution in [1.82, 2.24) is 5.43 Å². The minimum absolute atomic E-state index is 0.0594. The summed E-state index contributed by atoms with van der Waals surface area (Å²) in [5, 5.41) is 13.5. The number of phenolic OH excluding ortho intramolecular Hbond substituents is 1. The van der Waals surface area contributed by atoms with E-state index in [9.17, 15) is 14.7 Å². The number of phenols is 1. The van der Waals surface area contributed by atoms with E-state index in [1.54, 1.807) is 24.3 Å². The normalized spacial score (nSPS) is 11.0. The van der Waals surface area contributed by atoms with Crippen LogP contribution in [0.3, 0.4) is 0 Å². The minimum atomic E-state index is -0.421. The summed E-state index contributed by atoms with van der Waals surface area (Å²) in [6.45, 7) is 0. The standard InChI is InChI=1S/C22H18N2O3/c25-19-13-11-18(12-14-19)22(27)24-23-20(16-7-3-1-4-8-16)15-21(26)17-9-5-2-6-10-17/h1-14,25H,15H2,(H,24,27)/b23-20-. The van der Waals surface area contributed by atoms with Crippen molar-refractivity contribution in [2.24, 2.45) is 5.10 Å². The molecule has 134 valence electrons. The third kappa shape index (κ3) is 4.89. The van der Waals surface area contributed by atoms with Gasteiger partial charge in [-0.3, -0.25) is 9.59 Å². The number of Topliss-reactive ketones (excluding diaryl/α,β-unsaturated/α-hetero) is 1. The van der Waals surface area contributed by atoms with Crippen LogP contribution in [0.5, 0.6) is 5.75 Å². The molecule has 0 aliphatic rings. The fourth-order valence-electron chi connectivity index (χ4n) is 2.51. The Kier molecular flexibility index (Phi) is 5.74. The van der Waals surface area contributed by atoms with Crippen LogP contribution in [-0.4, -0.2) is 22.5 Å². The summed E-state index contributed by atoms with van der Waals surface area (Å²) in [5.41, 5.74) is 4.66. The Balaban J connectivity index is 1.81. The van der Waals surface area contributed by atoms with E-state index in [4.69, 9.17) is 0 Å². The van der Waals surface area contributed by atoms with E-state index in [0.29, 0.717) is 16.8 Å². The van der Waals surface area contributed by atoms with Gasteiger partial charge in [0, 0.05) is 11.1 Å². The van der Waals surface area contributed by atoms with Gasteiger partial charge in [0.1, 0.15) is 5.75 Å². The van der Waals surface area contributed by atoms with E-state index in [-0.39, 0.29) is 18.0 Å². The van der Waals surface area contributed by atoms with E-state index < -0.39 is 5.91 Å². The summed E-state index contributed by atoms with van der Waals surface area (Å²) in [6, 6.07) is 24.0. The molecule has 0 radical (unpaired) electrons. The van der Waals surface area contributed by atoms with E-state index in [0.717, 1.165) is 5.56 Å². The fourth-order valence-corrected chi connectivity index (χ4v) is 2.51. The molecule has 3 rings (SSSR count). The Labute approximate surface area is 157 Å². The highest BCUT2D eigenvalue weighted by atomic mass is 16.3. The Morgan fingerprint density at radius 3 is 1.89 bits per heavy atom. The highest BCUT2D eigenvalue weighted by Crippen LogP contribution is 2.11. The highest BCUT2D eigenvalue weighted by molar-refractivity contribution is 6.16. The first kappa shape index (κ1) is 18.1. The summed E-state index contributed by atoms with van der Waals surface area (Å²) in [4.78, 5) is 24.8. The average Bonchev–Trinajstić information content (AvgIpc) is 2.72. The van der Waals surface area contributed by atoms with Crippen LogP contribution in [0, 0.1) is 0 Å². The summed E-state index contributed by atoms with van der Waals surface area (Å²) in [5.74, 6) is -0.429. The number of benzene rings is 3. The molecule has 3 aromatic rings. The maximum atomic E-state index is 12.6. The lowest BCUT2D eigenvalue weighted by Gasteiger charge is -2.08. The maximum Gasteiger partial charge on any atom is 0.271 e. The lowest BCUT2D eigenvalue weighted by molar-refractivity contribution is 0.0951. The van der Waals surface area contributed by atoms with E-state index in [1.807, 2.05) is 36.4 Å². The van der Waals surface area contributed by atoms with Gasteiger partial charge < -0.3 is 5.11 Å². The zero-order chi connectivity index (χ0) is 19.1.